The van der Waals surface area contributed by atoms with Crippen molar-refractivity contribution in [2.75, 3.05) is 21.7 Å². The molecule has 9 nitrogen and oxygen atoms in total. The van der Waals surface area contributed by atoms with Crippen LogP contribution in [0.2, 0.25) is 0 Å². The Balaban J connectivity index is 1.53. The minimum atomic E-state index is -4.62. The summed E-state index contributed by atoms with van der Waals surface area (Å²) < 4.78 is 39.3. The van der Waals surface area contributed by atoms with E-state index in [4.69, 9.17) is 5.73 Å². The first kappa shape index (κ1) is 22.6. The highest BCUT2D eigenvalue weighted by atomic mass is 19.4. The van der Waals surface area contributed by atoms with E-state index < -0.39 is 23.7 Å². The number of nitrogens with zero attached hydrogens (tertiary/aromatic N) is 2. The second-order valence-corrected chi connectivity index (χ2v) is 7.29. The number of anilines is 4. The van der Waals surface area contributed by atoms with Gasteiger partial charge in [-0.2, -0.15) is 18.3 Å². The molecule has 0 fully saturated rings. The summed E-state index contributed by atoms with van der Waals surface area (Å²) in [6.45, 7) is 1.20. The summed E-state index contributed by atoms with van der Waals surface area (Å²) in [5.41, 5.74) is 7.19. The molecular weight excluding hydrogens is 451 g/mol. The first-order chi connectivity index (χ1) is 16.1. The van der Waals surface area contributed by atoms with Gasteiger partial charge in [0, 0.05) is 24.4 Å². The van der Waals surface area contributed by atoms with Crippen LogP contribution in [-0.2, 0) is 11.0 Å². The number of nitrogens with one attached hydrogen (secondary N) is 4. The minimum absolute atomic E-state index is 0.0304. The smallest absolute Gasteiger partial charge is 0.382 e. The van der Waals surface area contributed by atoms with Crippen molar-refractivity contribution < 1.29 is 22.8 Å². The van der Waals surface area contributed by atoms with Crippen LogP contribution in [0.5, 0.6) is 0 Å². The Morgan fingerprint density at radius 3 is 2.38 bits per heavy atom. The number of amides is 3. The number of benzene rings is 2. The number of rotatable bonds is 4. The molecule has 0 spiro atoms. The van der Waals surface area contributed by atoms with E-state index in [1.165, 1.54) is 6.92 Å². The lowest BCUT2D eigenvalue weighted by Crippen LogP contribution is -2.21. The topological polar surface area (TPSA) is 138 Å². The molecule has 2 aromatic carbocycles. The molecule has 34 heavy (non-hydrogen) atoms. The van der Waals surface area contributed by atoms with Crippen molar-refractivity contribution in [3.8, 4) is 11.3 Å². The van der Waals surface area contributed by atoms with Crippen LogP contribution < -0.4 is 21.7 Å². The predicted octanol–water partition coefficient (Wildman–Crippen LogP) is 4.83. The summed E-state index contributed by atoms with van der Waals surface area (Å²) in [4.78, 5) is 28.2. The Hall–Kier alpha value is -4.61. The van der Waals surface area contributed by atoms with Crippen LogP contribution in [0.3, 0.4) is 0 Å². The van der Waals surface area contributed by atoms with Crippen molar-refractivity contribution in [1.82, 2.24) is 15.2 Å². The van der Waals surface area contributed by atoms with Gasteiger partial charge in [-0.15, -0.1) is 0 Å². The van der Waals surface area contributed by atoms with E-state index in [0.717, 1.165) is 29.3 Å². The molecule has 0 atom stereocenters. The Morgan fingerprint density at radius 1 is 0.971 bits per heavy atom. The number of alkyl halides is 3. The Bertz CT molecular complexity index is 1380. The second kappa shape index (κ2) is 8.73. The first-order valence-corrected chi connectivity index (χ1v) is 9.87. The van der Waals surface area contributed by atoms with Gasteiger partial charge in [0.05, 0.1) is 33.5 Å². The molecule has 2 aromatic heterocycles. The van der Waals surface area contributed by atoms with E-state index in [0.29, 0.717) is 22.6 Å². The molecule has 4 aromatic rings. The number of urea groups is 1. The van der Waals surface area contributed by atoms with Crippen LogP contribution in [-0.4, -0.2) is 27.1 Å². The summed E-state index contributed by atoms with van der Waals surface area (Å²) in [5.74, 6) is -0.198. The molecule has 0 saturated carbocycles. The fourth-order valence-electron chi connectivity index (χ4n) is 3.33. The number of carbonyl (C=O) groups excluding carboxylic acids is 2. The van der Waals surface area contributed by atoms with Crippen LogP contribution in [0.1, 0.15) is 12.5 Å². The lowest BCUT2D eigenvalue weighted by molar-refractivity contribution is -0.137. The maximum Gasteiger partial charge on any atom is 0.416 e. The summed E-state index contributed by atoms with van der Waals surface area (Å²) in [5, 5.41) is 14.7. The SMILES string of the molecule is CC(=O)Nc1ccc(C(F)(F)F)cc1NC(=O)Nc1ccc(-c2nccc3[nH]nc(N)c23)cc1. The van der Waals surface area contributed by atoms with Crippen molar-refractivity contribution in [2.24, 2.45) is 0 Å². The summed E-state index contributed by atoms with van der Waals surface area (Å²) in [6.07, 6.45) is -3.01. The van der Waals surface area contributed by atoms with Crippen LogP contribution >= 0.6 is 0 Å². The number of carbonyl (C=O) groups is 2. The number of pyridine rings is 1. The normalized spacial score (nSPS) is 11.3. The molecule has 0 aliphatic heterocycles. The van der Waals surface area contributed by atoms with E-state index in [1.807, 2.05) is 0 Å². The lowest BCUT2D eigenvalue weighted by Gasteiger charge is -2.15. The molecule has 0 aliphatic rings. The number of hydrogen-bond acceptors (Lipinski definition) is 5. The third-order valence-electron chi connectivity index (χ3n) is 4.83. The zero-order valence-electron chi connectivity index (χ0n) is 17.6. The monoisotopic (exact) mass is 469 g/mol. The predicted molar refractivity (Wildman–Crippen MR) is 122 cm³/mol. The number of aromatic nitrogens is 3. The number of fused-ring (bicyclic) bond motifs is 1. The van der Waals surface area contributed by atoms with Crippen LogP contribution in [0.15, 0.2) is 54.7 Å². The molecule has 2 heterocycles. The number of nitrogens with two attached hydrogens (primary N) is 1. The van der Waals surface area contributed by atoms with Gasteiger partial charge in [-0.25, -0.2) is 4.79 Å². The molecular formula is C22H18F3N7O2. The van der Waals surface area contributed by atoms with Gasteiger partial charge >= 0.3 is 12.2 Å². The average molecular weight is 469 g/mol. The number of aromatic amines is 1. The van der Waals surface area contributed by atoms with Gasteiger partial charge < -0.3 is 21.7 Å². The molecule has 174 valence electrons. The van der Waals surface area contributed by atoms with E-state index in [9.17, 15) is 22.8 Å². The lowest BCUT2D eigenvalue weighted by atomic mass is 10.1. The van der Waals surface area contributed by atoms with Gasteiger partial charge in [0.2, 0.25) is 5.91 Å². The van der Waals surface area contributed by atoms with Crippen molar-refractivity contribution >= 4 is 45.7 Å². The molecule has 12 heteroatoms. The maximum atomic E-state index is 13.1. The van der Waals surface area contributed by atoms with Crippen LogP contribution in [0.4, 0.5) is 40.8 Å². The van der Waals surface area contributed by atoms with E-state index in [1.54, 1.807) is 36.5 Å². The van der Waals surface area contributed by atoms with Gasteiger partial charge in [0.25, 0.3) is 0 Å². The Morgan fingerprint density at radius 2 is 1.71 bits per heavy atom. The fourth-order valence-corrected chi connectivity index (χ4v) is 3.33. The third-order valence-corrected chi connectivity index (χ3v) is 4.83. The molecule has 0 unspecified atom stereocenters. The highest BCUT2D eigenvalue weighted by Gasteiger charge is 2.31. The Labute approximate surface area is 190 Å². The molecule has 0 aliphatic carbocycles. The second-order valence-electron chi connectivity index (χ2n) is 7.29. The quantitative estimate of drug-likeness (QED) is 0.292. The summed E-state index contributed by atoms with van der Waals surface area (Å²) >= 11 is 0. The third kappa shape index (κ3) is 4.75. The highest BCUT2D eigenvalue weighted by molar-refractivity contribution is 6.04. The number of halogens is 3. The molecule has 4 rings (SSSR count). The molecule has 3 amide bonds. The van der Waals surface area contributed by atoms with E-state index in [2.05, 4.69) is 31.1 Å². The minimum Gasteiger partial charge on any atom is -0.382 e. The largest absolute Gasteiger partial charge is 0.416 e. The number of nitrogen functional groups attached to an aromatic ring is 1. The van der Waals surface area contributed by atoms with E-state index >= 15 is 0 Å². The highest BCUT2D eigenvalue weighted by Crippen LogP contribution is 2.34. The van der Waals surface area contributed by atoms with Gasteiger partial charge in [-0.3, -0.25) is 14.9 Å². The zero-order chi connectivity index (χ0) is 24.5. The summed E-state index contributed by atoms with van der Waals surface area (Å²) in [7, 11) is 0. The molecule has 6 N–H and O–H groups in total. The van der Waals surface area contributed by atoms with Gasteiger partial charge in [0.15, 0.2) is 5.82 Å². The fraction of sp³-hybridized carbons (Fsp3) is 0.0909. The van der Waals surface area contributed by atoms with E-state index in [-0.39, 0.29) is 11.4 Å². The van der Waals surface area contributed by atoms with Crippen molar-refractivity contribution in [1.29, 1.82) is 0 Å². The summed E-state index contributed by atoms with van der Waals surface area (Å²) in [6, 6.07) is 10.2. The van der Waals surface area contributed by atoms with Crippen molar-refractivity contribution in [2.45, 2.75) is 13.1 Å². The van der Waals surface area contributed by atoms with Crippen molar-refractivity contribution in [3.63, 3.8) is 0 Å². The van der Waals surface area contributed by atoms with Crippen LogP contribution in [0.25, 0.3) is 22.2 Å². The van der Waals surface area contributed by atoms with Gasteiger partial charge in [-0.1, -0.05) is 12.1 Å². The van der Waals surface area contributed by atoms with Gasteiger partial charge in [0.1, 0.15) is 0 Å². The van der Waals surface area contributed by atoms with Crippen LogP contribution in [0, 0.1) is 0 Å². The molecule has 0 radical (unpaired) electrons. The average Bonchev–Trinajstić information content (AvgIpc) is 3.15. The zero-order valence-corrected chi connectivity index (χ0v) is 17.6. The Kier molecular flexibility index (Phi) is 5.80. The molecule has 0 saturated heterocycles. The van der Waals surface area contributed by atoms with Gasteiger partial charge in [-0.05, 0) is 36.4 Å². The maximum absolute atomic E-state index is 13.1. The standard InChI is InChI=1S/C22H18F3N7O2/c1-11(33)28-15-7-4-13(22(23,24)25)10-17(15)30-21(34)29-14-5-2-12(3-6-14)19-18-16(8-9-27-19)31-32-20(18)26/h2-10H,1H3,(H,28,33)(H3,26,31,32)(H2,29,30,34). The molecule has 0 bridgehead atoms. The number of hydrogen-bond donors (Lipinski definition) is 5. The number of H-pyrrole nitrogens is 1. The first-order valence-electron chi connectivity index (χ1n) is 9.87. The van der Waals surface area contributed by atoms with Crippen molar-refractivity contribution in [3.05, 3.63) is 60.3 Å².